The van der Waals surface area contributed by atoms with Crippen molar-refractivity contribution in [3.63, 3.8) is 0 Å². The molecule has 16 heavy (non-hydrogen) atoms. The third-order valence-electron chi connectivity index (χ3n) is 1.74. The molecular weight excluding hydrogens is 208 g/mol. The molecule has 0 fully saturated rings. The van der Waals surface area contributed by atoms with E-state index in [1.54, 1.807) is 31.4 Å². The van der Waals surface area contributed by atoms with Gasteiger partial charge in [0.2, 0.25) is 0 Å². The van der Waals surface area contributed by atoms with E-state index in [0.717, 1.165) is 0 Å². The van der Waals surface area contributed by atoms with Gasteiger partial charge < -0.3 is 14.6 Å². The zero-order chi connectivity index (χ0) is 11.8. The number of carboxylic acids is 1. The Bertz CT molecular complexity index is 415. The monoisotopic (exact) mass is 220 g/mol. The highest BCUT2D eigenvalue weighted by Crippen LogP contribution is 2.16. The molecule has 0 atom stereocenters. The first-order chi connectivity index (χ1) is 7.74. The van der Waals surface area contributed by atoms with Gasteiger partial charge in [-0.2, -0.15) is 0 Å². The second-order valence-corrected chi connectivity index (χ2v) is 2.89. The number of benzene rings is 1. The Morgan fingerprint density at radius 3 is 2.81 bits per heavy atom. The molecule has 0 bridgehead atoms. The minimum atomic E-state index is -1.16. The Morgan fingerprint density at radius 1 is 1.38 bits per heavy atom. The highest BCUT2D eigenvalue weighted by molar-refractivity contribution is 5.87. The lowest BCUT2D eigenvalue weighted by Crippen LogP contribution is -2.05. The van der Waals surface area contributed by atoms with E-state index in [1.165, 1.54) is 0 Å². The lowest BCUT2D eigenvalue weighted by atomic mass is 10.2. The van der Waals surface area contributed by atoms with E-state index >= 15 is 0 Å². The average Bonchev–Trinajstić information content (AvgIpc) is 2.28. The summed E-state index contributed by atoms with van der Waals surface area (Å²) in [6.07, 6.45) is 0. The SMILES string of the molecule is COCCOc1ccccc1C#CC(=O)O. The third-order valence-corrected chi connectivity index (χ3v) is 1.74. The highest BCUT2D eigenvalue weighted by Gasteiger charge is 1.99. The summed E-state index contributed by atoms with van der Waals surface area (Å²) in [7, 11) is 1.58. The molecule has 0 aliphatic rings. The van der Waals surface area contributed by atoms with Gasteiger partial charge in [-0.15, -0.1) is 0 Å². The quantitative estimate of drug-likeness (QED) is 0.611. The van der Waals surface area contributed by atoms with E-state index in [9.17, 15) is 4.79 Å². The maximum Gasteiger partial charge on any atom is 0.382 e. The fraction of sp³-hybridized carbons (Fsp3) is 0.250. The summed E-state index contributed by atoms with van der Waals surface area (Å²) >= 11 is 0. The Balaban J connectivity index is 2.76. The number of hydrogen-bond donors (Lipinski definition) is 1. The molecule has 0 aliphatic heterocycles. The van der Waals surface area contributed by atoms with Crippen molar-refractivity contribution in [3.05, 3.63) is 29.8 Å². The van der Waals surface area contributed by atoms with Crippen molar-refractivity contribution in [3.8, 4) is 17.6 Å². The van der Waals surface area contributed by atoms with Crippen molar-refractivity contribution >= 4 is 5.97 Å². The summed E-state index contributed by atoms with van der Waals surface area (Å²) in [5.74, 6) is 3.98. The summed E-state index contributed by atoms with van der Waals surface area (Å²) in [6, 6.07) is 7.02. The van der Waals surface area contributed by atoms with Crippen molar-refractivity contribution in [2.45, 2.75) is 0 Å². The van der Waals surface area contributed by atoms with Gasteiger partial charge in [-0.1, -0.05) is 18.1 Å². The van der Waals surface area contributed by atoms with E-state index < -0.39 is 5.97 Å². The van der Waals surface area contributed by atoms with Crippen LogP contribution in [0, 0.1) is 11.8 Å². The van der Waals surface area contributed by atoms with Crippen LogP contribution in [0.4, 0.5) is 0 Å². The predicted molar refractivity (Wildman–Crippen MR) is 58.3 cm³/mol. The lowest BCUT2D eigenvalue weighted by molar-refractivity contribution is -0.130. The number of aliphatic carboxylic acids is 1. The third kappa shape index (κ3) is 4.03. The molecule has 0 amide bonds. The van der Waals surface area contributed by atoms with Crippen molar-refractivity contribution in [2.24, 2.45) is 0 Å². The van der Waals surface area contributed by atoms with Crippen LogP contribution in [0.25, 0.3) is 0 Å². The van der Waals surface area contributed by atoms with Crippen LogP contribution in [-0.4, -0.2) is 31.4 Å². The van der Waals surface area contributed by atoms with Crippen molar-refractivity contribution in [1.29, 1.82) is 0 Å². The largest absolute Gasteiger partial charge is 0.490 e. The molecule has 0 unspecified atom stereocenters. The molecule has 0 spiro atoms. The Labute approximate surface area is 93.8 Å². The van der Waals surface area contributed by atoms with Crippen LogP contribution in [-0.2, 0) is 9.53 Å². The van der Waals surface area contributed by atoms with Gasteiger partial charge in [0, 0.05) is 13.0 Å². The maximum absolute atomic E-state index is 10.3. The average molecular weight is 220 g/mol. The number of para-hydroxylation sites is 1. The second kappa shape index (κ2) is 6.49. The molecular formula is C12H12O4. The minimum absolute atomic E-state index is 0.405. The van der Waals surface area contributed by atoms with E-state index in [-0.39, 0.29) is 0 Å². The molecule has 0 saturated heterocycles. The molecule has 4 heteroatoms. The van der Waals surface area contributed by atoms with E-state index in [1.807, 2.05) is 5.92 Å². The predicted octanol–water partition coefficient (Wildman–Crippen LogP) is 1.15. The normalized spacial score (nSPS) is 9.06. The molecule has 0 aromatic heterocycles. The minimum Gasteiger partial charge on any atom is -0.490 e. The van der Waals surface area contributed by atoms with Crippen LogP contribution < -0.4 is 4.74 Å². The smallest absolute Gasteiger partial charge is 0.382 e. The number of carboxylic acid groups (broad SMARTS) is 1. The van der Waals surface area contributed by atoms with Gasteiger partial charge in [0.15, 0.2) is 0 Å². The molecule has 84 valence electrons. The van der Waals surface area contributed by atoms with E-state index in [2.05, 4.69) is 5.92 Å². The lowest BCUT2D eigenvalue weighted by Gasteiger charge is -2.06. The van der Waals surface area contributed by atoms with Gasteiger partial charge in [-0.05, 0) is 12.1 Å². The van der Waals surface area contributed by atoms with Gasteiger partial charge in [0.05, 0.1) is 12.2 Å². The molecule has 0 heterocycles. The van der Waals surface area contributed by atoms with Gasteiger partial charge in [0.1, 0.15) is 12.4 Å². The fourth-order valence-corrected chi connectivity index (χ4v) is 1.05. The molecule has 1 aromatic carbocycles. The maximum atomic E-state index is 10.3. The number of rotatable bonds is 4. The van der Waals surface area contributed by atoms with Crippen molar-refractivity contribution in [1.82, 2.24) is 0 Å². The summed E-state index contributed by atoms with van der Waals surface area (Å²) in [5.41, 5.74) is 0.556. The van der Waals surface area contributed by atoms with E-state index in [4.69, 9.17) is 14.6 Å². The first-order valence-corrected chi connectivity index (χ1v) is 4.69. The summed E-state index contributed by atoms with van der Waals surface area (Å²) in [6.45, 7) is 0.878. The highest BCUT2D eigenvalue weighted by atomic mass is 16.5. The Kier molecular flexibility index (Phi) is 4.90. The van der Waals surface area contributed by atoms with Crippen LogP contribution in [0.5, 0.6) is 5.75 Å². The van der Waals surface area contributed by atoms with Crippen LogP contribution in [0.3, 0.4) is 0 Å². The first kappa shape index (κ1) is 12.1. The van der Waals surface area contributed by atoms with E-state index in [0.29, 0.717) is 24.5 Å². The number of methoxy groups -OCH3 is 1. The summed E-state index contributed by atoms with van der Waals surface area (Å²) in [5, 5.41) is 8.45. The molecule has 1 rings (SSSR count). The van der Waals surface area contributed by atoms with Crippen LogP contribution in [0.15, 0.2) is 24.3 Å². The van der Waals surface area contributed by atoms with Crippen LogP contribution in [0.2, 0.25) is 0 Å². The second-order valence-electron chi connectivity index (χ2n) is 2.89. The molecule has 0 saturated carbocycles. The molecule has 0 radical (unpaired) electrons. The summed E-state index contributed by atoms with van der Waals surface area (Å²) in [4.78, 5) is 10.3. The van der Waals surface area contributed by atoms with Gasteiger partial charge >= 0.3 is 5.97 Å². The molecule has 0 aliphatic carbocycles. The van der Waals surface area contributed by atoms with Crippen LogP contribution in [0.1, 0.15) is 5.56 Å². The summed E-state index contributed by atoms with van der Waals surface area (Å²) < 4.78 is 10.2. The van der Waals surface area contributed by atoms with Gasteiger partial charge in [0.25, 0.3) is 0 Å². The molecule has 4 nitrogen and oxygen atoms in total. The van der Waals surface area contributed by atoms with Crippen molar-refractivity contribution < 1.29 is 19.4 Å². The first-order valence-electron chi connectivity index (χ1n) is 4.69. The van der Waals surface area contributed by atoms with Gasteiger partial charge in [-0.3, -0.25) is 0 Å². The number of ether oxygens (including phenoxy) is 2. The molecule has 1 aromatic rings. The van der Waals surface area contributed by atoms with Crippen LogP contribution >= 0.6 is 0 Å². The Morgan fingerprint density at radius 2 is 2.12 bits per heavy atom. The standard InChI is InChI=1S/C12H12O4/c1-15-8-9-16-11-5-3-2-4-10(11)6-7-12(13)14/h2-5H,8-9H2,1H3,(H,13,14). The number of carbonyl (C=O) groups is 1. The zero-order valence-corrected chi connectivity index (χ0v) is 8.90. The topological polar surface area (TPSA) is 55.8 Å². The Hall–Kier alpha value is -1.99. The fourth-order valence-electron chi connectivity index (χ4n) is 1.05. The van der Waals surface area contributed by atoms with Gasteiger partial charge in [-0.25, -0.2) is 4.79 Å². The molecule has 1 N–H and O–H groups in total. The van der Waals surface area contributed by atoms with Crippen molar-refractivity contribution in [2.75, 3.05) is 20.3 Å². The number of hydrogen-bond acceptors (Lipinski definition) is 3. The zero-order valence-electron chi connectivity index (χ0n) is 8.90.